The number of aromatic nitrogens is 1. The third-order valence-corrected chi connectivity index (χ3v) is 6.88. The number of amides is 2. The highest BCUT2D eigenvalue weighted by Crippen LogP contribution is 2.35. The van der Waals surface area contributed by atoms with Gasteiger partial charge in [-0.1, -0.05) is 18.2 Å². The molecule has 2 aromatic heterocycles. The first kappa shape index (κ1) is 21.5. The summed E-state index contributed by atoms with van der Waals surface area (Å²) < 4.78 is 11.7. The Labute approximate surface area is 185 Å². The van der Waals surface area contributed by atoms with Crippen LogP contribution in [0.3, 0.4) is 0 Å². The van der Waals surface area contributed by atoms with Gasteiger partial charge in [-0.15, -0.1) is 11.3 Å². The van der Waals surface area contributed by atoms with Crippen LogP contribution in [0, 0.1) is 13.8 Å². The molecule has 8 heteroatoms. The number of hydrogen-bond acceptors (Lipinski definition) is 6. The quantitative estimate of drug-likeness (QED) is 0.565. The summed E-state index contributed by atoms with van der Waals surface area (Å²) in [5.41, 5.74) is 1.62. The molecular formula is C23H27N3O4S. The van der Waals surface area contributed by atoms with E-state index in [1.165, 1.54) is 11.3 Å². The van der Waals surface area contributed by atoms with Crippen molar-refractivity contribution in [2.75, 3.05) is 26.8 Å². The molecule has 0 aliphatic carbocycles. The lowest BCUT2D eigenvalue weighted by molar-refractivity contribution is 0.0702. The number of nitrogens with one attached hydrogen (secondary N) is 1. The zero-order valence-electron chi connectivity index (χ0n) is 18.1. The molecule has 0 radical (unpaired) electrons. The summed E-state index contributed by atoms with van der Waals surface area (Å²) in [4.78, 5) is 32.9. The number of hydrogen-bond donors (Lipinski definition) is 1. The number of carbonyl (C=O) groups is 2. The maximum Gasteiger partial charge on any atom is 0.291 e. The zero-order valence-corrected chi connectivity index (χ0v) is 18.9. The Morgan fingerprint density at radius 2 is 2.13 bits per heavy atom. The summed E-state index contributed by atoms with van der Waals surface area (Å²) in [5.74, 6) is 0.601. The van der Waals surface area contributed by atoms with Gasteiger partial charge in [-0.2, -0.15) is 0 Å². The van der Waals surface area contributed by atoms with Crippen molar-refractivity contribution in [3.8, 4) is 0 Å². The van der Waals surface area contributed by atoms with Crippen LogP contribution in [-0.4, -0.2) is 54.5 Å². The van der Waals surface area contributed by atoms with Crippen LogP contribution in [0.15, 0.2) is 28.7 Å². The molecule has 0 bridgehead atoms. The van der Waals surface area contributed by atoms with Gasteiger partial charge in [0.25, 0.3) is 11.8 Å². The standard InChI is InChI=1S/C23H27N3O4S/c1-14-20(30-15(2)25-14)23(28)26-11-6-7-16(26)13-18-17-8-4-5-9-19(17)31-21(18)22(27)24-10-12-29-3/h4-5,8-9,16H,6-7,10-13H2,1-3H3,(H,24,27). The highest BCUT2D eigenvalue weighted by molar-refractivity contribution is 7.21. The van der Waals surface area contributed by atoms with Crippen molar-refractivity contribution in [3.63, 3.8) is 0 Å². The topological polar surface area (TPSA) is 84.7 Å². The second-order valence-corrected chi connectivity index (χ2v) is 8.85. The van der Waals surface area contributed by atoms with E-state index in [4.69, 9.17) is 9.15 Å². The number of rotatable bonds is 7. The molecule has 1 aliphatic rings. The molecule has 164 valence electrons. The fourth-order valence-corrected chi connectivity index (χ4v) is 5.39. The first-order valence-corrected chi connectivity index (χ1v) is 11.3. The SMILES string of the molecule is COCCNC(=O)c1sc2ccccc2c1CC1CCCN1C(=O)c1oc(C)nc1C. The molecule has 1 saturated heterocycles. The van der Waals surface area contributed by atoms with Crippen molar-refractivity contribution in [1.82, 2.24) is 15.2 Å². The van der Waals surface area contributed by atoms with E-state index in [1.807, 2.05) is 23.1 Å². The van der Waals surface area contributed by atoms with Gasteiger partial charge in [-0.05, 0) is 43.2 Å². The van der Waals surface area contributed by atoms with E-state index in [2.05, 4.69) is 16.4 Å². The first-order valence-electron chi connectivity index (χ1n) is 10.5. The summed E-state index contributed by atoms with van der Waals surface area (Å²) in [7, 11) is 1.61. The first-order chi connectivity index (χ1) is 15.0. The van der Waals surface area contributed by atoms with Crippen LogP contribution < -0.4 is 5.32 Å². The van der Waals surface area contributed by atoms with Crippen LogP contribution in [0.4, 0.5) is 0 Å². The minimum Gasteiger partial charge on any atom is -0.436 e. The van der Waals surface area contributed by atoms with Gasteiger partial charge in [-0.3, -0.25) is 9.59 Å². The fraction of sp³-hybridized carbons (Fsp3) is 0.435. The Hall–Kier alpha value is -2.71. The van der Waals surface area contributed by atoms with Crippen LogP contribution in [-0.2, 0) is 11.2 Å². The van der Waals surface area contributed by atoms with Crippen LogP contribution in [0.25, 0.3) is 10.1 Å². The highest BCUT2D eigenvalue weighted by Gasteiger charge is 2.34. The van der Waals surface area contributed by atoms with E-state index in [0.29, 0.717) is 48.3 Å². The van der Waals surface area contributed by atoms with Gasteiger partial charge in [0.1, 0.15) is 0 Å². The second kappa shape index (κ2) is 9.20. The Bertz CT molecular complexity index is 1100. The molecule has 1 N–H and O–H groups in total. The smallest absolute Gasteiger partial charge is 0.291 e. The molecule has 7 nitrogen and oxygen atoms in total. The number of benzene rings is 1. The number of oxazole rings is 1. The number of ether oxygens (including phenoxy) is 1. The Kier molecular flexibility index (Phi) is 6.38. The Morgan fingerprint density at radius 3 is 2.87 bits per heavy atom. The Balaban J connectivity index is 1.62. The van der Waals surface area contributed by atoms with Gasteiger partial charge >= 0.3 is 0 Å². The van der Waals surface area contributed by atoms with E-state index in [9.17, 15) is 9.59 Å². The molecule has 4 rings (SSSR count). The van der Waals surface area contributed by atoms with Crippen molar-refractivity contribution in [2.24, 2.45) is 0 Å². The zero-order chi connectivity index (χ0) is 22.0. The normalized spacial score (nSPS) is 16.2. The van der Waals surface area contributed by atoms with Gasteiger partial charge in [0.2, 0.25) is 5.76 Å². The number of aryl methyl sites for hydroxylation is 2. The third kappa shape index (κ3) is 4.36. The minimum atomic E-state index is -0.119. The second-order valence-electron chi connectivity index (χ2n) is 7.80. The lowest BCUT2D eigenvalue weighted by Crippen LogP contribution is -2.37. The highest BCUT2D eigenvalue weighted by atomic mass is 32.1. The van der Waals surface area contributed by atoms with E-state index in [0.717, 1.165) is 28.5 Å². The summed E-state index contributed by atoms with van der Waals surface area (Å²) in [6.07, 6.45) is 2.46. The van der Waals surface area contributed by atoms with Crippen molar-refractivity contribution in [1.29, 1.82) is 0 Å². The molecular weight excluding hydrogens is 414 g/mol. The molecule has 1 fully saturated rings. The molecule has 1 atom stereocenters. The number of carbonyl (C=O) groups excluding carboxylic acids is 2. The summed E-state index contributed by atoms with van der Waals surface area (Å²) >= 11 is 1.50. The summed E-state index contributed by atoms with van der Waals surface area (Å²) in [5, 5.41) is 4.02. The molecule has 1 aromatic carbocycles. The van der Waals surface area contributed by atoms with Crippen LogP contribution in [0.1, 0.15) is 50.2 Å². The van der Waals surface area contributed by atoms with Gasteiger partial charge in [-0.25, -0.2) is 4.98 Å². The molecule has 2 amide bonds. The lowest BCUT2D eigenvalue weighted by Gasteiger charge is -2.24. The molecule has 3 aromatic rings. The molecule has 1 unspecified atom stereocenters. The van der Waals surface area contributed by atoms with Gasteiger partial charge in [0, 0.05) is 37.9 Å². The fourth-order valence-electron chi connectivity index (χ4n) is 4.24. The number of likely N-dealkylation sites (tertiary alicyclic amines) is 1. The molecule has 31 heavy (non-hydrogen) atoms. The van der Waals surface area contributed by atoms with Crippen LogP contribution in [0.5, 0.6) is 0 Å². The largest absolute Gasteiger partial charge is 0.436 e. The average Bonchev–Trinajstić information content (AvgIpc) is 3.45. The molecule has 1 aliphatic heterocycles. The number of nitrogens with zero attached hydrogens (tertiary/aromatic N) is 2. The van der Waals surface area contributed by atoms with E-state index < -0.39 is 0 Å². The Morgan fingerprint density at radius 1 is 1.32 bits per heavy atom. The van der Waals surface area contributed by atoms with Crippen LogP contribution >= 0.6 is 11.3 Å². The molecule has 0 spiro atoms. The van der Waals surface area contributed by atoms with Crippen molar-refractivity contribution in [3.05, 3.63) is 52.1 Å². The third-order valence-electron chi connectivity index (χ3n) is 5.67. The van der Waals surface area contributed by atoms with Crippen molar-refractivity contribution < 1.29 is 18.7 Å². The average molecular weight is 442 g/mol. The van der Waals surface area contributed by atoms with Gasteiger partial charge in [0.05, 0.1) is 17.2 Å². The predicted molar refractivity (Wildman–Crippen MR) is 120 cm³/mol. The molecule has 3 heterocycles. The number of methoxy groups -OCH3 is 1. The maximum absolute atomic E-state index is 13.2. The van der Waals surface area contributed by atoms with E-state index >= 15 is 0 Å². The monoisotopic (exact) mass is 441 g/mol. The number of fused-ring (bicyclic) bond motifs is 1. The predicted octanol–water partition coefficient (Wildman–Crippen LogP) is 3.73. The lowest BCUT2D eigenvalue weighted by atomic mass is 10.00. The van der Waals surface area contributed by atoms with E-state index in [1.54, 1.807) is 21.0 Å². The van der Waals surface area contributed by atoms with Gasteiger partial charge < -0.3 is 19.4 Å². The van der Waals surface area contributed by atoms with E-state index in [-0.39, 0.29) is 17.9 Å². The maximum atomic E-state index is 13.2. The van der Waals surface area contributed by atoms with Crippen molar-refractivity contribution >= 4 is 33.2 Å². The molecule has 0 saturated carbocycles. The summed E-state index contributed by atoms with van der Waals surface area (Å²) in [6.45, 7) is 5.15. The van der Waals surface area contributed by atoms with Crippen LogP contribution in [0.2, 0.25) is 0 Å². The van der Waals surface area contributed by atoms with Gasteiger partial charge in [0.15, 0.2) is 5.89 Å². The number of thiophene rings is 1. The minimum absolute atomic E-state index is 0.0147. The van der Waals surface area contributed by atoms with Crippen molar-refractivity contribution in [2.45, 2.75) is 39.2 Å². The summed E-state index contributed by atoms with van der Waals surface area (Å²) in [6, 6.07) is 8.08.